The molecule has 8 heteroatoms. The monoisotopic (exact) mass is 441 g/mol. The normalized spacial score (nSPS) is 15.1. The van der Waals surface area contributed by atoms with Gasteiger partial charge in [-0.05, 0) is 47.9 Å². The Balaban J connectivity index is 1.67. The largest absolute Gasteiger partial charge is 0.495 e. The average molecular weight is 442 g/mol. The summed E-state index contributed by atoms with van der Waals surface area (Å²) in [7, 11) is 1.55. The fraction of sp³-hybridized carbons (Fsp3) is 0.0952. The smallest absolute Gasteiger partial charge is 0.283 e. The molecule has 0 unspecified atom stereocenters. The third-order valence-corrected chi connectivity index (χ3v) is 6.21. The Bertz CT molecular complexity index is 1080. The zero-order valence-electron chi connectivity index (χ0n) is 15.4. The van der Waals surface area contributed by atoms with Crippen LogP contribution >= 0.6 is 34.7 Å². The Morgan fingerprint density at radius 1 is 1.24 bits per heavy atom. The number of pyridine rings is 1. The van der Waals surface area contributed by atoms with Gasteiger partial charge in [0.25, 0.3) is 5.91 Å². The van der Waals surface area contributed by atoms with Crippen molar-refractivity contribution in [3.05, 3.63) is 81.4 Å². The second-order valence-corrected chi connectivity index (χ2v) is 8.34. The number of benzene rings is 1. The minimum Gasteiger partial charge on any atom is -0.495 e. The standard InChI is InChI=1S/C21H16ClN3O2S2/c1-27-19-8-7-15(11-17(19)22)25-20(26)18(12-16-6-4-10-28-16)24-21(25)29-13-14-5-2-3-9-23-14/h2-12H,13H2,1H3. The summed E-state index contributed by atoms with van der Waals surface area (Å²) in [5, 5.41) is 2.99. The summed E-state index contributed by atoms with van der Waals surface area (Å²) in [5.74, 6) is 0.957. The first-order valence-electron chi connectivity index (χ1n) is 8.70. The van der Waals surface area contributed by atoms with E-state index in [0.717, 1.165) is 10.6 Å². The number of thioether (sulfide) groups is 1. The van der Waals surface area contributed by atoms with E-state index >= 15 is 0 Å². The van der Waals surface area contributed by atoms with Crippen molar-refractivity contribution in [3.63, 3.8) is 0 Å². The van der Waals surface area contributed by atoms with Gasteiger partial charge >= 0.3 is 0 Å². The van der Waals surface area contributed by atoms with Crippen molar-refractivity contribution in [1.29, 1.82) is 0 Å². The lowest BCUT2D eigenvalue weighted by Crippen LogP contribution is -2.30. The molecule has 2 aromatic heterocycles. The van der Waals surface area contributed by atoms with Crippen LogP contribution < -0.4 is 9.64 Å². The molecule has 0 saturated heterocycles. The molecular weight excluding hydrogens is 426 g/mol. The van der Waals surface area contributed by atoms with Crippen molar-refractivity contribution in [2.24, 2.45) is 4.99 Å². The first-order chi connectivity index (χ1) is 14.2. The number of aliphatic imine (C=N–C) groups is 1. The van der Waals surface area contributed by atoms with E-state index in [1.165, 1.54) is 11.8 Å². The lowest BCUT2D eigenvalue weighted by Gasteiger charge is -2.18. The zero-order valence-corrected chi connectivity index (χ0v) is 17.8. The van der Waals surface area contributed by atoms with Crippen LogP contribution in [0.1, 0.15) is 10.6 Å². The second kappa shape index (κ2) is 8.82. The Morgan fingerprint density at radius 2 is 2.14 bits per heavy atom. The Morgan fingerprint density at radius 3 is 2.83 bits per heavy atom. The van der Waals surface area contributed by atoms with Crippen LogP contribution in [0.25, 0.3) is 6.08 Å². The molecule has 3 aromatic rings. The van der Waals surface area contributed by atoms with E-state index in [1.54, 1.807) is 53.8 Å². The summed E-state index contributed by atoms with van der Waals surface area (Å²) in [4.78, 5) is 24.7. The number of amidine groups is 1. The quantitative estimate of drug-likeness (QED) is 0.492. The van der Waals surface area contributed by atoms with E-state index in [2.05, 4.69) is 9.98 Å². The van der Waals surface area contributed by atoms with Crippen LogP contribution in [0, 0.1) is 0 Å². The molecule has 4 rings (SSSR count). The van der Waals surface area contributed by atoms with E-state index < -0.39 is 0 Å². The van der Waals surface area contributed by atoms with Crippen LogP contribution in [-0.4, -0.2) is 23.2 Å². The number of ether oxygens (including phenoxy) is 1. The van der Waals surface area contributed by atoms with E-state index in [1.807, 2.05) is 35.7 Å². The molecule has 5 nitrogen and oxygen atoms in total. The molecule has 1 aromatic carbocycles. The van der Waals surface area contributed by atoms with Gasteiger partial charge in [-0.3, -0.25) is 14.7 Å². The van der Waals surface area contributed by atoms with Gasteiger partial charge in [0.15, 0.2) is 5.17 Å². The van der Waals surface area contributed by atoms with Gasteiger partial charge in [0.2, 0.25) is 0 Å². The highest BCUT2D eigenvalue weighted by Gasteiger charge is 2.32. The fourth-order valence-corrected chi connectivity index (χ4v) is 4.58. The van der Waals surface area contributed by atoms with Crippen LogP contribution in [0.4, 0.5) is 5.69 Å². The molecule has 0 aliphatic carbocycles. The molecule has 0 fully saturated rings. The summed E-state index contributed by atoms with van der Waals surface area (Å²) >= 11 is 9.31. The average Bonchev–Trinajstić information content (AvgIpc) is 3.35. The summed E-state index contributed by atoms with van der Waals surface area (Å²) in [6.45, 7) is 0. The van der Waals surface area contributed by atoms with Gasteiger partial charge in [0.05, 0.1) is 23.5 Å². The van der Waals surface area contributed by atoms with Gasteiger partial charge in [0, 0.05) is 16.8 Å². The highest BCUT2D eigenvalue weighted by molar-refractivity contribution is 8.13. The van der Waals surface area contributed by atoms with Crippen LogP contribution in [0.2, 0.25) is 5.02 Å². The SMILES string of the molecule is COc1ccc(N2C(=O)C(=Cc3cccs3)N=C2SCc2ccccn2)cc1Cl. The van der Waals surface area contributed by atoms with E-state index in [-0.39, 0.29) is 5.91 Å². The number of halogens is 1. The molecule has 1 amide bonds. The maximum atomic E-state index is 13.2. The highest BCUT2D eigenvalue weighted by atomic mass is 35.5. The van der Waals surface area contributed by atoms with Crippen molar-refractivity contribution < 1.29 is 9.53 Å². The summed E-state index contributed by atoms with van der Waals surface area (Å²) < 4.78 is 5.22. The van der Waals surface area contributed by atoms with Gasteiger partial charge in [0.1, 0.15) is 11.4 Å². The number of methoxy groups -OCH3 is 1. The molecule has 29 heavy (non-hydrogen) atoms. The van der Waals surface area contributed by atoms with Gasteiger partial charge in [-0.1, -0.05) is 35.5 Å². The third-order valence-electron chi connectivity index (χ3n) is 4.12. The number of hydrogen-bond donors (Lipinski definition) is 0. The molecule has 3 heterocycles. The molecule has 0 saturated carbocycles. The first kappa shape index (κ1) is 19.7. The van der Waals surface area contributed by atoms with Crippen LogP contribution in [0.5, 0.6) is 5.75 Å². The lowest BCUT2D eigenvalue weighted by atomic mass is 10.2. The van der Waals surface area contributed by atoms with Gasteiger partial charge in [-0.15, -0.1) is 11.3 Å². The Hall–Kier alpha value is -2.61. The van der Waals surface area contributed by atoms with Crippen molar-refractivity contribution in [2.75, 3.05) is 12.0 Å². The molecule has 0 N–H and O–H groups in total. The number of amides is 1. The number of nitrogens with zero attached hydrogens (tertiary/aromatic N) is 3. The van der Waals surface area contributed by atoms with E-state index in [9.17, 15) is 4.79 Å². The molecular formula is C21H16ClN3O2S2. The molecule has 0 bridgehead atoms. The van der Waals surface area contributed by atoms with E-state index in [0.29, 0.717) is 33.1 Å². The Kier molecular flexibility index (Phi) is 5.99. The van der Waals surface area contributed by atoms with Crippen LogP contribution in [-0.2, 0) is 10.5 Å². The number of thiophene rings is 1. The number of carbonyl (C=O) groups excluding carboxylic acids is 1. The summed E-state index contributed by atoms with van der Waals surface area (Å²) in [6, 6.07) is 14.9. The van der Waals surface area contributed by atoms with Gasteiger partial charge in [-0.2, -0.15) is 0 Å². The predicted molar refractivity (Wildman–Crippen MR) is 121 cm³/mol. The lowest BCUT2D eigenvalue weighted by molar-refractivity contribution is -0.113. The first-order valence-corrected chi connectivity index (χ1v) is 10.9. The molecule has 0 spiro atoms. The molecule has 0 radical (unpaired) electrons. The third kappa shape index (κ3) is 4.37. The number of aromatic nitrogens is 1. The minimum absolute atomic E-state index is 0.192. The maximum Gasteiger partial charge on any atom is 0.283 e. The van der Waals surface area contributed by atoms with Crippen LogP contribution in [0.15, 0.2) is 70.8 Å². The van der Waals surface area contributed by atoms with Crippen molar-refractivity contribution in [1.82, 2.24) is 4.98 Å². The topological polar surface area (TPSA) is 54.8 Å². The van der Waals surface area contributed by atoms with Gasteiger partial charge < -0.3 is 4.74 Å². The molecule has 1 aliphatic heterocycles. The molecule has 1 aliphatic rings. The highest BCUT2D eigenvalue weighted by Crippen LogP contribution is 2.35. The van der Waals surface area contributed by atoms with E-state index in [4.69, 9.17) is 16.3 Å². The molecule has 146 valence electrons. The maximum absolute atomic E-state index is 13.2. The second-order valence-electron chi connectivity index (χ2n) is 6.01. The number of carbonyl (C=O) groups is 1. The zero-order chi connectivity index (χ0) is 20.2. The summed E-state index contributed by atoms with van der Waals surface area (Å²) in [5.41, 5.74) is 1.95. The summed E-state index contributed by atoms with van der Waals surface area (Å²) in [6.07, 6.45) is 3.56. The molecule has 0 atom stereocenters. The van der Waals surface area contributed by atoms with Crippen molar-refractivity contribution in [3.8, 4) is 5.75 Å². The number of rotatable bonds is 5. The van der Waals surface area contributed by atoms with Crippen LogP contribution in [0.3, 0.4) is 0 Å². The van der Waals surface area contributed by atoms with Gasteiger partial charge in [-0.25, -0.2) is 4.99 Å². The van der Waals surface area contributed by atoms with Crippen molar-refractivity contribution in [2.45, 2.75) is 5.75 Å². The van der Waals surface area contributed by atoms with Crippen molar-refractivity contribution >= 4 is 57.5 Å². The number of anilines is 1. The number of hydrogen-bond acceptors (Lipinski definition) is 6. The predicted octanol–water partition coefficient (Wildman–Crippen LogP) is 5.48. The minimum atomic E-state index is -0.192. The fourth-order valence-electron chi connectivity index (χ4n) is 2.75. The Labute approximate surface area is 181 Å².